The van der Waals surface area contributed by atoms with Crippen LogP contribution >= 0.6 is 11.8 Å². The Labute approximate surface area is 267 Å². The number of carbonyl (C=O) groups excluding carboxylic acids is 2. The summed E-state index contributed by atoms with van der Waals surface area (Å²) in [4.78, 5) is 22.1. The van der Waals surface area contributed by atoms with E-state index in [-0.39, 0.29) is 40.0 Å². The highest BCUT2D eigenvalue weighted by molar-refractivity contribution is 8.17. The van der Waals surface area contributed by atoms with Crippen LogP contribution in [0.3, 0.4) is 0 Å². The molecule has 0 aliphatic rings. The molecule has 240 valence electrons. The van der Waals surface area contributed by atoms with Gasteiger partial charge in [0.05, 0.1) is 13.2 Å². The number of rotatable bonds is 16. The second kappa shape index (κ2) is 34.3. The lowest BCUT2D eigenvalue weighted by atomic mass is 10.1. The maximum absolute atomic E-state index is 11.6. The smallest absolute Gasteiger partial charge is 0.306 e. The zero-order valence-corrected chi connectivity index (χ0v) is 25.2. The first kappa shape index (κ1) is 39.4. The van der Waals surface area contributed by atoms with E-state index < -0.39 is 12.9 Å². The van der Waals surface area contributed by atoms with Gasteiger partial charge in [-0.2, -0.15) is 0 Å². The van der Waals surface area contributed by atoms with Gasteiger partial charge in [0.2, 0.25) is 0 Å². The number of aliphatic hydroxyl groups excluding tert-OH is 2. The summed E-state index contributed by atoms with van der Waals surface area (Å²) in [6.07, 6.45) is 11.9. The molecule has 1 atom stereocenters. The van der Waals surface area contributed by atoms with E-state index in [4.69, 9.17) is 19.7 Å². The second-order valence-electron chi connectivity index (χ2n) is 8.17. The van der Waals surface area contributed by atoms with Gasteiger partial charge in [0, 0.05) is 40.8 Å². The maximum atomic E-state index is 11.6. The maximum Gasteiger partial charge on any atom is 0.306 e. The number of esters is 1. The average Bonchev–Trinajstić information content (AvgIpc) is 2.96. The van der Waals surface area contributed by atoms with Crippen LogP contribution in [0, 0.1) is 82.2 Å². The summed E-state index contributed by atoms with van der Waals surface area (Å²) in [7, 11) is 0. The Balaban J connectivity index is -0.0000000442. The van der Waals surface area contributed by atoms with E-state index in [0.29, 0.717) is 6.42 Å². The summed E-state index contributed by atoms with van der Waals surface area (Å²) in [5.74, 6) is 32.2. The lowest BCUT2D eigenvalue weighted by Crippen LogP contribution is -2.27. The van der Waals surface area contributed by atoms with Crippen molar-refractivity contribution in [2.24, 2.45) is 0 Å². The summed E-state index contributed by atoms with van der Waals surface area (Å²) in [6, 6.07) is 0. The highest BCUT2D eigenvalue weighted by atomic mass is 32.2. The molecule has 0 fully saturated rings. The largest absolute Gasteiger partial charge is 0.457 e. The van der Waals surface area contributed by atoms with Gasteiger partial charge >= 0.3 is 5.97 Å². The Morgan fingerprint density at radius 1 is 0.732 bits per heavy atom. The molecule has 0 heterocycles. The van der Waals surface area contributed by atoms with Crippen LogP contribution in [-0.2, 0) is 19.1 Å². The lowest BCUT2D eigenvalue weighted by Gasteiger charge is -2.14. The Kier molecular flexibility index (Phi) is 33.0. The standard InChI is InChI=1S/C17H34O5.C17H6OS.11H2/c1-2-3-4-5-6-7-8-9-10-11-12-17(20)22-16(13-18)14-21-15-19;1-3-4-5-6-7-8-9-10-11-12-13-14-15-16-19-17(2)18;;;;;;;;;;;/h16,18-19H,2-15H2,1H3;1-2H3;11*1H/t16-;;;;;;;;;;;;/m1............/s1. The fourth-order valence-corrected chi connectivity index (χ4v) is 3.05. The Hall–Kier alpha value is -3.71. The molecule has 0 spiro atoms. The average molecular weight is 599 g/mol. The highest BCUT2D eigenvalue weighted by Gasteiger charge is 2.13. The molecule has 0 saturated heterocycles. The number of hydrogen-bond acceptors (Lipinski definition) is 7. The summed E-state index contributed by atoms with van der Waals surface area (Å²) in [5, 5.41) is 20.0. The first-order chi connectivity index (χ1) is 20.0. The highest BCUT2D eigenvalue weighted by Crippen LogP contribution is 2.11. The first-order valence-electron chi connectivity index (χ1n) is 13.6. The second-order valence-corrected chi connectivity index (χ2v) is 9.16. The molecule has 0 aromatic rings. The molecule has 0 aliphatic heterocycles. The van der Waals surface area contributed by atoms with Crippen molar-refractivity contribution in [3.05, 3.63) is 0 Å². The van der Waals surface area contributed by atoms with Crippen LogP contribution in [0.1, 0.15) is 107 Å². The van der Waals surface area contributed by atoms with Crippen molar-refractivity contribution in [2.45, 2.75) is 97.5 Å². The summed E-state index contributed by atoms with van der Waals surface area (Å²) >= 11 is 0.895. The Bertz CT molecular complexity index is 1210. The molecule has 0 aromatic carbocycles. The van der Waals surface area contributed by atoms with Gasteiger partial charge in [0.25, 0.3) is 0 Å². The molecule has 0 amide bonds. The number of aliphatic hydroxyl groups is 2. The minimum atomic E-state index is -0.678. The molecule has 0 bridgehead atoms. The fraction of sp³-hybridized carbons (Fsp3) is 0.529. The lowest BCUT2D eigenvalue weighted by molar-refractivity contribution is -0.157. The summed E-state index contributed by atoms with van der Waals surface area (Å²) in [6.45, 7) is 4.66. The third kappa shape index (κ3) is 36.3. The molecule has 0 aliphatic carbocycles. The monoisotopic (exact) mass is 598 g/mol. The van der Waals surface area contributed by atoms with Crippen molar-refractivity contribution < 1.29 is 45.0 Å². The SMILES string of the molecule is CC#CC#CC#CC#CC#CC#CC#CSC(C)=O.CCCCCCCCCCCCC(=O)O[C@H](CO)COCO.[HH].[HH].[HH].[HH].[HH].[HH].[HH].[HH].[HH].[HH].[HH]. The molecule has 2 N–H and O–H groups in total. The van der Waals surface area contributed by atoms with E-state index in [0.717, 1.165) is 31.0 Å². The van der Waals surface area contributed by atoms with E-state index in [2.05, 4.69) is 89.1 Å². The minimum absolute atomic E-state index is 0. The Morgan fingerprint density at radius 2 is 1.20 bits per heavy atom. The number of hydrogen-bond donors (Lipinski definition) is 2. The molecule has 0 rings (SSSR count). The zero-order valence-electron chi connectivity index (χ0n) is 24.4. The number of thioether (sulfide) groups is 1. The molecule has 7 heteroatoms. The summed E-state index contributed by atoms with van der Waals surface area (Å²) in [5.41, 5.74) is 0. The van der Waals surface area contributed by atoms with Crippen molar-refractivity contribution in [1.29, 1.82) is 0 Å². The number of unbranched alkanes of at least 4 members (excludes halogenated alkanes) is 9. The van der Waals surface area contributed by atoms with Crippen molar-refractivity contribution in [3.63, 3.8) is 0 Å². The van der Waals surface area contributed by atoms with Crippen LogP contribution in [-0.4, -0.2) is 47.4 Å². The van der Waals surface area contributed by atoms with E-state index in [9.17, 15) is 9.59 Å². The van der Waals surface area contributed by atoms with Gasteiger partial charge in [0.15, 0.2) is 5.12 Å². The first-order valence-corrected chi connectivity index (χ1v) is 14.4. The number of ether oxygens (including phenoxy) is 2. The molecule has 41 heavy (non-hydrogen) atoms. The van der Waals surface area contributed by atoms with E-state index in [1.807, 2.05) is 0 Å². The van der Waals surface area contributed by atoms with Crippen LogP contribution in [0.25, 0.3) is 0 Å². The van der Waals surface area contributed by atoms with Crippen molar-refractivity contribution in [3.8, 4) is 82.2 Å². The van der Waals surface area contributed by atoms with Gasteiger partial charge in [-0.25, -0.2) is 0 Å². The van der Waals surface area contributed by atoms with Crippen molar-refractivity contribution in [2.75, 3.05) is 20.0 Å². The van der Waals surface area contributed by atoms with Gasteiger partial charge < -0.3 is 19.7 Å². The van der Waals surface area contributed by atoms with Gasteiger partial charge in [0.1, 0.15) is 12.9 Å². The van der Waals surface area contributed by atoms with E-state index >= 15 is 0 Å². The predicted molar refractivity (Wildman–Crippen MR) is 188 cm³/mol. The normalized spacial score (nSPS) is 8.90. The molecular weight excluding hydrogens is 536 g/mol. The van der Waals surface area contributed by atoms with Crippen LogP contribution in [0.5, 0.6) is 0 Å². The third-order valence-corrected chi connectivity index (χ3v) is 5.18. The van der Waals surface area contributed by atoms with Crippen LogP contribution in [0.2, 0.25) is 0 Å². The van der Waals surface area contributed by atoms with E-state index in [1.165, 1.54) is 51.9 Å². The minimum Gasteiger partial charge on any atom is -0.457 e. The molecule has 0 unspecified atom stereocenters. The van der Waals surface area contributed by atoms with Crippen molar-refractivity contribution >= 4 is 22.8 Å². The molecule has 0 aromatic heterocycles. The topological polar surface area (TPSA) is 93.1 Å². The van der Waals surface area contributed by atoms with Gasteiger partial charge in [-0.05, 0) is 89.6 Å². The third-order valence-electron chi connectivity index (χ3n) is 4.69. The molecule has 0 saturated carbocycles. The fourth-order valence-electron chi connectivity index (χ4n) is 2.81. The van der Waals surface area contributed by atoms with Crippen molar-refractivity contribution in [1.82, 2.24) is 0 Å². The van der Waals surface area contributed by atoms with Crippen LogP contribution in [0.4, 0.5) is 0 Å². The number of carbonyl (C=O) groups is 2. The Morgan fingerprint density at radius 3 is 1.63 bits per heavy atom. The predicted octanol–water partition coefficient (Wildman–Crippen LogP) is 7.14. The summed E-state index contributed by atoms with van der Waals surface area (Å²) < 4.78 is 9.77. The van der Waals surface area contributed by atoms with Crippen LogP contribution < -0.4 is 0 Å². The van der Waals surface area contributed by atoms with E-state index in [1.54, 1.807) is 6.92 Å². The molecule has 0 radical (unpaired) electrons. The van der Waals surface area contributed by atoms with Gasteiger partial charge in [-0.15, -0.1) is 0 Å². The zero-order chi connectivity index (χ0) is 30.7. The molecular formula is C34H62O6S. The van der Waals surface area contributed by atoms with Gasteiger partial charge in [-0.3, -0.25) is 9.59 Å². The quantitative estimate of drug-likeness (QED) is 0.0844. The van der Waals surface area contributed by atoms with Gasteiger partial charge in [-0.1, -0.05) is 70.6 Å². The molecule has 6 nitrogen and oxygen atoms in total. The van der Waals surface area contributed by atoms with Crippen LogP contribution in [0.15, 0.2) is 0 Å².